The first-order valence-electron chi connectivity index (χ1n) is 15.2. The Hall–Kier alpha value is -2.38. The number of carbonyl (C=O) groups excluding carboxylic acids is 4. The summed E-state index contributed by atoms with van der Waals surface area (Å²) in [6.45, 7) is 8.08. The molecule has 1 aliphatic heterocycles. The zero-order valence-electron chi connectivity index (χ0n) is 25.4. The fraction of sp³-hybridized carbons (Fsp3) is 0.806. The van der Waals surface area contributed by atoms with Crippen LogP contribution in [0, 0.1) is 17.8 Å². The van der Waals surface area contributed by atoms with Crippen molar-refractivity contribution < 1.29 is 23.9 Å². The van der Waals surface area contributed by atoms with Gasteiger partial charge in [-0.1, -0.05) is 71.4 Å². The monoisotopic (exact) mass is 549 g/mol. The smallest absolute Gasteiger partial charge is 0.328 e. The minimum atomic E-state index is -0.978. The fourth-order valence-corrected chi connectivity index (χ4v) is 5.10. The van der Waals surface area contributed by atoms with Gasteiger partial charge in [-0.2, -0.15) is 0 Å². The molecule has 0 spiro atoms. The topological polar surface area (TPSA) is 105 Å². The zero-order valence-corrected chi connectivity index (χ0v) is 25.4. The highest BCUT2D eigenvalue weighted by Crippen LogP contribution is 2.21. The van der Waals surface area contributed by atoms with E-state index in [1.165, 1.54) is 24.2 Å². The summed E-state index contributed by atoms with van der Waals surface area (Å²) in [5, 5.41) is 5.87. The van der Waals surface area contributed by atoms with Gasteiger partial charge in [0.25, 0.3) is 0 Å². The third-order valence-electron chi connectivity index (χ3n) is 7.33. The van der Waals surface area contributed by atoms with Crippen molar-refractivity contribution in [1.29, 1.82) is 0 Å². The summed E-state index contributed by atoms with van der Waals surface area (Å²) < 4.78 is 5.27. The molecule has 0 saturated carbocycles. The van der Waals surface area contributed by atoms with Gasteiger partial charge in [0.2, 0.25) is 17.7 Å². The molecule has 1 heterocycles. The van der Waals surface area contributed by atoms with E-state index in [-0.39, 0.29) is 36.7 Å². The molecule has 8 nitrogen and oxygen atoms in total. The summed E-state index contributed by atoms with van der Waals surface area (Å²) in [7, 11) is 3.38. The number of hydrogen-bond donors (Lipinski definition) is 2. The molecule has 0 aliphatic carbocycles. The fourth-order valence-electron chi connectivity index (χ4n) is 5.10. The van der Waals surface area contributed by atoms with Gasteiger partial charge in [0.05, 0.1) is 6.61 Å². The Morgan fingerprint density at radius 2 is 1.72 bits per heavy atom. The molecule has 3 amide bonds. The van der Waals surface area contributed by atoms with E-state index in [0.717, 1.165) is 44.9 Å². The third-order valence-corrected chi connectivity index (χ3v) is 7.33. The van der Waals surface area contributed by atoms with Crippen LogP contribution in [0.15, 0.2) is 12.2 Å². The lowest BCUT2D eigenvalue weighted by atomic mass is 9.91. The van der Waals surface area contributed by atoms with Crippen molar-refractivity contribution in [3.05, 3.63) is 12.2 Å². The Bertz CT molecular complexity index is 780. The Labute approximate surface area is 237 Å². The van der Waals surface area contributed by atoms with Gasteiger partial charge in [0.15, 0.2) is 0 Å². The van der Waals surface area contributed by atoms with E-state index in [4.69, 9.17) is 4.74 Å². The van der Waals surface area contributed by atoms with Crippen LogP contribution >= 0.6 is 0 Å². The SMILES string of the molecule is CCCCCCCC1CCCC/C=C/CC(C(=O)N(C)C)C[C@@H](C(=O)OCC)NC(=O)[C@H](CC(C)C)NC1=O. The Kier molecular flexibility index (Phi) is 17.5. The lowest BCUT2D eigenvalue weighted by Gasteiger charge is -2.28. The zero-order chi connectivity index (χ0) is 29.2. The second-order valence-corrected chi connectivity index (χ2v) is 11.6. The molecule has 0 saturated heterocycles. The maximum Gasteiger partial charge on any atom is 0.328 e. The highest BCUT2D eigenvalue weighted by atomic mass is 16.5. The van der Waals surface area contributed by atoms with E-state index < -0.39 is 29.9 Å². The van der Waals surface area contributed by atoms with E-state index in [0.29, 0.717) is 12.8 Å². The maximum absolute atomic E-state index is 13.5. The molecule has 0 bridgehead atoms. The highest BCUT2D eigenvalue weighted by Gasteiger charge is 2.33. The summed E-state index contributed by atoms with van der Waals surface area (Å²) in [5.41, 5.74) is 0. The maximum atomic E-state index is 13.5. The van der Waals surface area contributed by atoms with E-state index in [2.05, 4.69) is 23.6 Å². The van der Waals surface area contributed by atoms with Crippen molar-refractivity contribution in [2.75, 3.05) is 20.7 Å². The van der Waals surface area contributed by atoms with Gasteiger partial charge in [-0.25, -0.2) is 4.79 Å². The third kappa shape index (κ3) is 14.0. The van der Waals surface area contributed by atoms with Crippen molar-refractivity contribution in [3.8, 4) is 0 Å². The number of hydrogen-bond acceptors (Lipinski definition) is 5. The minimum Gasteiger partial charge on any atom is -0.464 e. The number of amides is 3. The standard InChI is InChI=1S/C31H55N3O5/c1-7-9-10-12-15-18-24-19-16-13-11-14-17-20-25(30(37)34(5)6)22-27(31(38)39-8-2)33-29(36)26(21-23(3)4)32-28(24)35/h14,17,23-27H,7-13,15-16,18-22H2,1-6H3,(H,32,35)(H,33,36)/b17-14+/t24?,25?,26-,27-/m0/s1. The molecule has 224 valence electrons. The minimum absolute atomic E-state index is 0.0812. The molecule has 1 aliphatic rings. The van der Waals surface area contributed by atoms with E-state index in [1.54, 1.807) is 21.0 Å². The van der Waals surface area contributed by atoms with Crippen LogP contribution in [0.2, 0.25) is 0 Å². The number of carbonyl (C=O) groups is 4. The van der Waals surface area contributed by atoms with Crippen LogP contribution in [0.3, 0.4) is 0 Å². The van der Waals surface area contributed by atoms with Crippen LogP contribution in [0.1, 0.15) is 111 Å². The average Bonchev–Trinajstić information content (AvgIpc) is 2.88. The van der Waals surface area contributed by atoms with Gasteiger partial charge in [-0.05, 0) is 57.8 Å². The van der Waals surface area contributed by atoms with Gasteiger partial charge in [-0.3, -0.25) is 14.4 Å². The molecule has 0 aromatic carbocycles. The summed E-state index contributed by atoms with van der Waals surface area (Å²) in [4.78, 5) is 54.3. The molecule has 2 N–H and O–H groups in total. The first kappa shape index (κ1) is 34.6. The Morgan fingerprint density at radius 3 is 2.36 bits per heavy atom. The number of allylic oxidation sites excluding steroid dienone is 2. The lowest BCUT2D eigenvalue weighted by Crippen LogP contribution is -2.54. The summed E-state index contributed by atoms with van der Waals surface area (Å²) in [6.07, 6.45) is 15.2. The number of esters is 1. The van der Waals surface area contributed by atoms with Crippen LogP contribution < -0.4 is 10.6 Å². The van der Waals surface area contributed by atoms with Crippen molar-refractivity contribution in [3.63, 3.8) is 0 Å². The number of ether oxygens (including phenoxy) is 1. The quantitative estimate of drug-likeness (QED) is 0.211. The number of rotatable bonds is 11. The molecule has 2 unspecified atom stereocenters. The second-order valence-electron chi connectivity index (χ2n) is 11.6. The van der Waals surface area contributed by atoms with E-state index in [1.807, 2.05) is 19.9 Å². The van der Waals surface area contributed by atoms with Crippen molar-refractivity contribution in [2.45, 2.75) is 123 Å². The molecule has 0 aromatic heterocycles. The normalized spacial score (nSPS) is 24.5. The van der Waals surface area contributed by atoms with Gasteiger partial charge in [0, 0.05) is 25.9 Å². The summed E-state index contributed by atoms with van der Waals surface area (Å²) in [6, 6.07) is -1.73. The first-order chi connectivity index (χ1) is 18.6. The van der Waals surface area contributed by atoms with E-state index >= 15 is 0 Å². The van der Waals surface area contributed by atoms with Crippen LogP contribution in [0.4, 0.5) is 0 Å². The van der Waals surface area contributed by atoms with Crippen LogP contribution in [0.5, 0.6) is 0 Å². The summed E-state index contributed by atoms with van der Waals surface area (Å²) in [5.74, 6) is -1.60. The van der Waals surface area contributed by atoms with E-state index in [9.17, 15) is 19.2 Å². The average molecular weight is 550 g/mol. The first-order valence-corrected chi connectivity index (χ1v) is 15.2. The van der Waals surface area contributed by atoms with Crippen molar-refractivity contribution in [2.24, 2.45) is 17.8 Å². The molecule has 0 radical (unpaired) electrons. The second kappa shape index (κ2) is 19.6. The largest absolute Gasteiger partial charge is 0.464 e. The van der Waals surface area contributed by atoms with Crippen LogP contribution in [-0.4, -0.2) is 61.4 Å². The molecule has 1 rings (SSSR count). The van der Waals surface area contributed by atoms with Gasteiger partial charge < -0.3 is 20.3 Å². The molecular formula is C31H55N3O5. The summed E-state index contributed by atoms with van der Waals surface area (Å²) >= 11 is 0. The number of unbranched alkanes of at least 4 members (excludes halogenated alkanes) is 4. The molecular weight excluding hydrogens is 494 g/mol. The van der Waals surface area contributed by atoms with Gasteiger partial charge in [-0.15, -0.1) is 0 Å². The van der Waals surface area contributed by atoms with Crippen molar-refractivity contribution in [1.82, 2.24) is 15.5 Å². The molecule has 4 atom stereocenters. The van der Waals surface area contributed by atoms with Gasteiger partial charge in [0.1, 0.15) is 12.1 Å². The van der Waals surface area contributed by atoms with Gasteiger partial charge >= 0.3 is 5.97 Å². The highest BCUT2D eigenvalue weighted by molar-refractivity contribution is 5.91. The molecule has 39 heavy (non-hydrogen) atoms. The molecule has 8 heteroatoms. The van der Waals surface area contributed by atoms with Crippen molar-refractivity contribution >= 4 is 23.7 Å². The predicted octanol–water partition coefficient (Wildman–Crippen LogP) is 5.16. The Morgan fingerprint density at radius 1 is 1.00 bits per heavy atom. The molecule has 0 fully saturated rings. The molecule has 0 aromatic rings. The lowest BCUT2D eigenvalue weighted by molar-refractivity contribution is -0.148. The predicted molar refractivity (Wildman–Crippen MR) is 156 cm³/mol. The number of nitrogens with one attached hydrogen (secondary N) is 2. The van der Waals surface area contributed by atoms with Crippen LogP contribution in [-0.2, 0) is 23.9 Å². The Balaban J connectivity index is 3.23. The van der Waals surface area contributed by atoms with Crippen LogP contribution in [0.25, 0.3) is 0 Å². The number of nitrogens with zero attached hydrogens (tertiary/aromatic N) is 1.